The van der Waals surface area contributed by atoms with Gasteiger partial charge in [0.05, 0.1) is 5.69 Å². The fraction of sp³-hybridized carbons (Fsp3) is 0.545. The fourth-order valence-electron chi connectivity index (χ4n) is 1.88. The van der Waals surface area contributed by atoms with Crippen LogP contribution in [0.2, 0.25) is 0 Å². The molecule has 1 heterocycles. The largest absolute Gasteiger partial charge is 0.305 e. The Morgan fingerprint density at radius 3 is 3.00 bits per heavy atom. The molecule has 1 fully saturated rings. The number of hydrogen-bond donors (Lipinski definition) is 1. The third-order valence-corrected chi connectivity index (χ3v) is 2.70. The number of alkyl halides is 1. The van der Waals surface area contributed by atoms with Gasteiger partial charge in [-0.15, -0.1) is 0 Å². The van der Waals surface area contributed by atoms with Crippen molar-refractivity contribution in [3.8, 4) is 0 Å². The van der Waals surface area contributed by atoms with Gasteiger partial charge < -0.3 is 5.32 Å². The van der Waals surface area contributed by atoms with Gasteiger partial charge in [0.25, 0.3) is 0 Å². The van der Waals surface area contributed by atoms with Gasteiger partial charge in [0.15, 0.2) is 0 Å². The maximum Gasteiger partial charge on any atom is 0.115 e. The molecule has 0 aliphatic heterocycles. The number of pyridine rings is 1. The summed E-state index contributed by atoms with van der Waals surface area (Å²) in [5.41, 5.74) is 0.978. The van der Waals surface area contributed by atoms with Crippen molar-refractivity contribution < 1.29 is 4.39 Å². The average Bonchev–Trinajstić information content (AvgIpc) is 2.63. The van der Waals surface area contributed by atoms with E-state index in [4.69, 9.17) is 0 Å². The molecule has 1 aliphatic carbocycles. The monoisotopic (exact) mass is 194 g/mol. The summed E-state index contributed by atoms with van der Waals surface area (Å²) >= 11 is 0. The maximum absolute atomic E-state index is 13.2. The van der Waals surface area contributed by atoms with E-state index in [1.165, 1.54) is 0 Å². The summed E-state index contributed by atoms with van der Waals surface area (Å²) in [4.78, 5) is 4.18. The van der Waals surface area contributed by atoms with E-state index in [0.717, 1.165) is 18.5 Å². The minimum absolute atomic E-state index is 0.0389. The van der Waals surface area contributed by atoms with E-state index in [1.54, 1.807) is 6.20 Å². The van der Waals surface area contributed by atoms with Crippen LogP contribution in [0.3, 0.4) is 0 Å². The van der Waals surface area contributed by atoms with Crippen molar-refractivity contribution in [3.63, 3.8) is 0 Å². The topological polar surface area (TPSA) is 24.9 Å². The third-order valence-electron chi connectivity index (χ3n) is 2.70. The van der Waals surface area contributed by atoms with Gasteiger partial charge in [0, 0.05) is 18.8 Å². The van der Waals surface area contributed by atoms with E-state index in [1.807, 2.05) is 18.2 Å². The first-order valence-corrected chi connectivity index (χ1v) is 5.13. The summed E-state index contributed by atoms with van der Waals surface area (Å²) < 4.78 is 13.2. The molecule has 0 aromatic carbocycles. The number of rotatable bonds is 3. The van der Waals surface area contributed by atoms with Crippen LogP contribution in [0.25, 0.3) is 0 Å². The number of aromatic nitrogens is 1. The summed E-state index contributed by atoms with van der Waals surface area (Å²) in [6, 6.07) is 5.83. The lowest BCUT2D eigenvalue weighted by Crippen LogP contribution is -2.33. The van der Waals surface area contributed by atoms with Crippen molar-refractivity contribution in [2.45, 2.75) is 38.0 Å². The van der Waals surface area contributed by atoms with E-state index in [-0.39, 0.29) is 6.04 Å². The molecular weight excluding hydrogens is 179 g/mol. The Morgan fingerprint density at radius 1 is 1.43 bits per heavy atom. The zero-order valence-corrected chi connectivity index (χ0v) is 8.12. The van der Waals surface area contributed by atoms with Crippen LogP contribution in [-0.2, 0) is 6.54 Å². The Kier molecular flexibility index (Phi) is 3.09. The SMILES string of the molecule is F[C@@H]1CCC[C@@H]1NCc1ccccn1. The minimum atomic E-state index is -0.668. The van der Waals surface area contributed by atoms with Crippen LogP contribution in [0.15, 0.2) is 24.4 Å². The van der Waals surface area contributed by atoms with E-state index in [9.17, 15) is 4.39 Å². The zero-order chi connectivity index (χ0) is 9.80. The van der Waals surface area contributed by atoms with Crippen molar-refractivity contribution in [2.75, 3.05) is 0 Å². The molecule has 0 amide bonds. The highest BCUT2D eigenvalue weighted by molar-refractivity contribution is 5.03. The predicted molar refractivity (Wildman–Crippen MR) is 53.6 cm³/mol. The second-order valence-electron chi connectivity index (χ2n) is 3.76. The van der Waals surface area contributed by atoms with Crippen LogP contribution in [0, 0.1) is 0 Å². The molecule has 1 aromatic heterocycles. The minimum Gasteiger partial charge on any atom is -0.305 e. The Labute approximate surface area is 83.6 Å². The maximum atomic E-state index is 13.2. The van der Waals surface area contributed by atoms with Gasteiger partial charge in [0.1, 0.15) is 6.17 Å². The Balaban J connectivity index is 1.82. The molecule has 1 aromatic rings. The first-order chi connectivity index (χ1) is 6.86. The van der Waals surface area contributed by atoms with Crippen molar-refractivity contribution in [1.29, 1.82) is 0 Å². The molecule has 0 spiro atoms. The normalized spacial score (nSPS) is 26.6. The lowest BCUT2D eigenvalue weighted by Gasteiger charge is -2.14. The second kappa shape index (κ2) is 4.51. The van der Waals surface area contributed by atoms with Gasteiger partial charge >= 0.3 is 0 Å². The second-order valence-corrected chi connectivity index (χ2v) is 3.76. The summed E-state index contributed by atoms with van der Waals surface area (Å²) in [6.07, 6.45) is 3.76. The molecule has 0 bridgehead atoms. The molecule has 2 atom stereocenters. The van der Waals surface area contributed by atoms with Crippen LogP contribution >= 0.6 is 0 Å². The highest BCUT2D eigenvalue weighted by atomic mass is 19.1. The molecule has 14 heavy (non-hydrogen) atoms. The van der Waals surface area contributed by atoms with Crippen molar-refractivity contribution in [1.82, 2.24) is 10.3 Å². The molecule has 1 saturated carbocycles. The van der Waals surface area contributed by atoms with Crippen LogP contribution in [0.4, 0.5) is 4.39 Å². The van der Waals surface area contributed by atoms with E-state index in [0.29, 0.717) is 13.0 Å². The van der Waals surface area contributed by atoms with Gasteiger partial charge in [-0.05, 0) is 31.4 Å². The molecule has 3 heteroatoms. The molecule has 76 valence electrons. The molecule has 0 unspecified atom stereocenters. The van der Waals surface area contributed by atoms with Crippen molar-refractivity contribution >= 4 is 0 Å². The molecular formula is C11H15FN2. The summed E-state index contributed by atoms with van der Waals surface area (Å²) in [5.74, 6) is 0. The first-order valence-electron chi connectivity index (χ1n) is 5.13. The standard InChI is InChI=1S/C11H15FN2/c12-10-5-3-6-11(10)14-8-9-4-1-2-7-13-9/h1-2,4,7,10-11,14H,3,5-6,8H2/t10-,11+/m1/s1. The van der Waals surface area contributed by atoms with Gasteiger partial charge in [-0.3, -0.25) is 4.98 Å². The van der Waals surface area contributed by atoms with Gasteiger partial charge in [-0.25, -0.2) is 4.39 Å². The molecule has 1 aliphatic rings. The molecule has 2 nitrogen and oxygen atoms in total. The zero-order valence-electron chi connectivity index (χ0n) is 8.12. The third kappa shape index (κ3) is 2.29. The molecule has 0 radical (unpaired) electrons. The van der Waals surface area contributed by atoms with Crippen LogP contribution < -0.4 is 5.32 Å². The smallest absolute Gasteiger partial charge is 0.115 e. The fourth-order valence-corrected chi connectivity index (χ4v) is 1.88. The van der Waals surface area contributed by atoms with Crippen LogP contribution in [0.1, 0.15) is 25.0 Å². The van der Waals surface area contributed by atoms with Crippen LogP contribution in [-0.4, -0.2) is 17.2 Å². The number of hydrogen-bond acceptors (Lipinski definition) is 2. The average molecular weight is 194 g/mol. The highest BCUT2D eigenvalue weighted by Gasteiger charge is 2.25. The Morgan fingerprint density at radius 2 is 2.36 bits per heavy atom. The van der Waals surface area contributed by atoms with Gasteiger partial charge in [-0.1, -0.05) is 6.07 Å². The number of nitrogens with one attached hydrogen (secondary N) is 1. The first kappa shape index (κ1) is 9.59. The van der Waals surface area contributed by atoms with Crippen LogP contribution in [0.5, 0.6) is 0 Å². The van der Waals surface area contributed by atoms with Crippen molar-refractivity contribution in [2.24, 2.45) is 0 Å². The lowest BCUT2D eigenvalue weighted by molar-refractivity contribution is 0.278. The van der Waals surface area contributed by atoms with Crippen molar-refractivity contribution in [3.05, 3.63) is 30.1 Å². The summed E-state index contributed by atoms with van der Waals surface area (Å²) in [5, 5.41) is 3.21. The molecule has 1 N–H and O–H groups in total. The Hall–Kier alpha value is -0.960. The summed E-state index contributed by atoms with van der Waals surface area (Å²) in [7, 11) is 0. The predicted octanol–water partition coefficient (Wildman–Crippen LogP) is 2.06. The lowest BCUT2D eigenvalue weighted by atomic mass is 10.2. The van der Waals surface area contributed by atoms with E-state index in [2.05, 4.69) is 10.3 Å². The van der Waals surface area contributed by atoms with E-state index >= 15 is 0 Å². The molecule has 2 rings (SSSR count). The quantitative estimate of drug-likeness (QED) is 0.796. The Bertz CT molecular complexity index is 276. The van der Waals surface area contributed by atoms with Gasteiger partial charge in [-0.2, -0.15) is 0 Å². The van der Waals surface area contributed by atoms with E-state index < -0.39 is 6.17 Å². The van der Waals surface area contributed by atoms with Gasteiger partial charge in [0.2, 0.25) is 0 Å². The highest BCUT2D eigenvalue weighted by Crippen LogP contribution is 2.21. The summed E-state index contributed by atoms with van der Waals surface area (Å²) in [6.45, 7) is 0.673. The number of halogens is 1. The molecule has 0 saturated heterocycles. The number of nitrogens with zero attached hydrogens (tertiary/aromatic N) is 1.